The topological polar surface area (TPSA) is 103 Å². The van der Waals surface area contributed by atoms with Crippen LogP contribution in [0.3, 0.4) is 0 Å². The number of para-hydroxylation sites is 1. The maximum absolute atomic E-state index is 13.2. The molecule has 0 radical (unpaired) electrons. The van der Waals surface area contributed by atoms with Gasteiger partial charge in [0.2, 0.25) is 0 Å². The summed E-state index contributed by atoms with van der Waals surface area (Å²) in [7, 11) is 0. The molecule has 0 aliphatic carbocycles. The normalized spacial score (nSPS) is 14.4. The number of hydrogen-bond acceptors (Lipinski definition) is 6. The molecule has 2 N–H and O–H groups in total. The predicted molar refractivity (Wildman–Crippen MR) is 154 cm³/mol. The first-order valence-corrected chi connectivity index (χ1v) is 14.3. The number of carboxylic acids is 2. The first-order valence-electron chi connectivity index (χ1n) is 13.1. The number of nitrogens with zero attached hydrogens (tertiary/aromatic N) is 3. The van der Waals surface area contributed by atoms with Crippen molar-refractivity contribution in [3.8, 4) is 5.75 Å². The molecule has 0 unspecified atom stereocenters. The lowest BCUT2D eigenvalue weighted by Gasteiger charge is -2.39. The summed E-state index contributed by atoms with van der Waals surface area (Å²) >= 11 is 1.72. The number of thioether (sulfide) groups is 1. The van der Waals surface area contributed by atoms with Crippen molar-refractivity contribution in [2.24, 2.45) is 4.99 Å². The highest BCUT2D eigenvalue weighted by Gasteiger charge is 2.25. The molecule has 0 amide bonds. The van der Waals surface area contributed by atoms with Crippen molar-refractivity contribution in [2.45, 2.75) is 38.6 Å². The molecule has 1 heterocycles. The van der Waals surface area contributed by atoms with Crippen LogP contribution in [0.4, 0.5) is 14.5 Å². The van der Waals surface area contributed by atoms with Crippen LogP contribution in [0.2, 0.25) is 0 Å². The Bertz CT molecular complexity index is 1110. The number of likely N-dealkylation sites (tertiary alicyclic amines) is 1. The summed E-state index contributed by atoms with van der Waals surface area (Å²) in [6, 6.07) is 14.3. The molecule has 3 rings (SSSR count). The van der Waals surface area contributed by atoms with E-state index >= 15 is 0 Å². The van der Waals surface area contributed by atoms with Gasteiger partial charge in [-0.3, -0.25) is 0 Å². The van der Waals surface area contributed by atoms with E-state index in [-0.39, 0.29) is 0 Å². The van der Waals surface area contributed by atoms with E-state index in [0.29, 0.717) is 30.6 Å². The molecule has 11 heteroatoms. The molecule has 2 aromatic rings. The molecule has 8 nitrogen and oxygen atoms in total. The number of carboxylic acid groups (broad SMARTS) is 2. The van der Waals surface area contributed by atoms with E-state index in [2.05, 4.69) is 23.0 Å². The number of aliphatic carboxylic acids is 2. The quantitative estimate of drug-likeness (QED) is 0.152. The van der Waals surface area contributed by atoms with Crippen molar-refractivity contribution in [3.05, 3.63) is 72.3 Å². The number of unbranched alkanes of at least 4 members (excludes halogenated alkanes) is 1. The second kappa shape index (κ2) is 18.0. The van der Waals surface area contributed by atoms with E-state index in [0.717, 1.165) is 74.9 Å². The molecule has 0 saturated carbocycles. The van der Waals surface area contributed by atoms with Crippen LogP contribution < -0.4 is 4.74 Å². The summed E-state index contributed by atoms with van der Waals surface area (Å²) < 4.78 is 31.7. The average Bonchev–Trinajstić information content (AvgIpc) is 2.95. The van der Waals surface area contributed by atoms with E-state index in [1.54, 1.807) is 11.8 Å². The molecule has 218 valence electrons. The van der Waals surface area contributed by atoms with Gasteiger partial charge in [0.25, 0.3) is 0 Å². The van der Waals surface area contributed by atoms with Gasteiger partial charge in [0.15, 0.2) is 16.8 Å². The zero-order valence-corrected chi connectivity index (χ0v) is 23.7. The molecule has 0 spiro atoms. The summed E-state index contributed by atoms with van der Waals surface area (Å²) in [5.41, 5.74) is 0.998. The number of halogens is 2. The lowest BCUT2D eigenvalue weighted by atomic mass is 10.0. The number of ether oxygens (including phenoxy) is 1. The molecule has 0 atom stereocenters. The Balaban J connectivity index is 0.000000611. The number of rotatable bonds is 11. The van der Waals surface area contributed by atoms with Gasteiger partial charge in [-0.15, -0.1) is 0 Å². The summed E-state index contributed by atoms with van der Waals surface area (Å²) in [6.45, 7) is 6.87. The van der Waals surface area contributed by atoms with Crippen molar-refractivity contribution in [2.75, 3.05) is 39.0 Å². The fourth-order valence-electron chi connectivity index (χ4n) is 4.18. The summed E-state index contributed by atoms with van der Waals surface area (Å²) in [4.78, 5) is 28.9. The fourth-order valence-corrected chi connectivity index (χ4v) is 4.89. The maximum atomic E-state index is 13.2. The molecular weight excluding hydrogens is 540 g/mol. The Kier molecular flexibility index (Phi) is 14.8. The van der Waals surface area contributed by atoms with Crippen molar-refractivity contribution < 1.29 is 33.3 Å². The van der Waals surface area contributed by atoms with E-state index in [9.17, 15) is 18.4 Å². The van der Waals surface area contributed by atoms with Gasteiger partial charge in [0, 0.05) is 43.9 Å². The van der Waals surface area contributed by atoms with Crippen LogP contribution in [0.1, 0.15) is 32.6 Å². The minimum absolute atomic E-state index is 0.381. The molecule has 0 aromatic heterocycles. The highest BCUT2D eigenvalue weighted by atomic mass is 32.2. The van der Waals surface area contributed by atoms with Gasteiger partial charge in [-0.1, -0.05) is 30.0 Å². The second-order valence-corrected chi connectivity index (χ2v) is 9.71. The van der Waals surface area contributed by atoms with E-state index in [4.69, 9.17) is 19.9 Å². The van der Waals surface area contributed by atoms with E-state index < -0.39 is 23.6 Å². The molecule has 0 bridgehead atoms. The van der Waals surface area contributed by atoms with Gasteiger partial charge in [0.1, 0.15) is 5.75 Å². The van der Waals surface area contributed by atoms with Crippen LogP contribution in [-0.4, -0.2) is 82.2 Å². The minimum atomic E-state index is -1.26. The maximum Gasteiger partial charge on any atom is 0.328 e. The lowest BCUT2D eigenvalue weighted by molar-refractivity contribution is -0.134. The van der Waals surface area contributed by atoms with Crippen molar-refractivity contribution >= 4 is 34.6 Å². The minimum Gasteiger partial charge on any atom is -0.493 e. The molecule has 40 heavy (non-hydrogen) atoms. The number of carbonyl (C=O) groups is 2. The summed E-state index contributed by atoms with van der Waals surface area (Å²) in [6.07, 6.45) is 7.39. The van der Waals surface area contributed by atoms with Gasteiger partial charge in [-0.2, -0.15) is 0 Å². The van der Waals surface area contributed by atoms with Gasteiger partial charge >= 0.3 is 11.9 Å². The molecule has 1 aliphatic rings. The molecular formula is C29H37F2N3O5S. The molecule has 1 aliphatic heterocycles. The van der Waals surface area contributed by atoms with Crippen molar-refractivity contribution in [1.82, 2.24) is 9.80 Å². The first-order chi connectivity index (χ1) is 19.2. The highest BCUT2D eigenvalue weighted by Crippen LogP contribution is 2.23. The van der Waals surface area contributed by atoms with Crippen LogP contribution in [0.15, 0.2) is 65.7 Å². The number of aliphatic imine (C=N–C) groups is 1. The Labute approximate surface area is 238 Å². The SMILES string of the molecule is CCN(C(=Nc1ccccc1)SC)C1CCN(CCCCOc2ccc(F)c(F)c2)CC1.O=C(O)C=CC(=O)O. The largest absolute Gasteiger partial charge is 0.493 e. The van der Waals surface area contributed by atoms with Gasteiger partial charge in [-0.25, -0.2) is 23.4 Å². The number of hydrogen-bond donors (Lipinski definition) is 2. The summed E-state index contributed by atoms with van der Waals surface area (Å²) in [5.74, 6) is -3.85. The molecule has 1 fully saturated rings. The first kappa shape index (κ1) is 32.8. The third kappa shape index (κ3) is 12.2. The van der Waals surface area contributed by atoms with Crippen LogP contribution in [0.25, 0.3) is 0 Å². The van der Waals surface area contributed by atoms with Crippen LogP contribution in [0.5, 0.6) is 5.75 Å². The lowest BCUT2D eigenvalue weighted by Crippen LogP contribution is -2.46. The van der Waals surface area contributed by atoms with Crippen LogP contribution in [0, 0.1) is 11.6 Å². The van der Waals surface area contributed by atoms with Crippen LogP contribution in [-0.2, 0) is 9.59 Å². The fraction of sp³-hybridized carbons (Fsp3) is 0.414. The third-order valence-corrected chi connectivity index (χ3v) is 6.84. The van der Waals surface area contributed by atoms with Gasteiger partial charge < -0.3 is 24.7 Å². The highest BCUT2D eigenvalue weighted by molar-refractivity contribution is 8.13. The van der Waals surface area contributed by atoms with Crippen molar-refractivity contribution in [1.29, 1.82) is 0 Å². The molecule has 1 saturated heterocycles. The zero-order chi connectivity index (χ0) is 29.3. The van der Waals surface area contributed by atoms with Gasteiger partial charge in [0.05, 0.1) is 12.3 Å². The van der Waals surface area contributed by atoms with E-state index in [1.165, 1.54) is 6.07 Å². The average molecular weight is 578 g/mol. The van der Waals surface area contributed by atoms with E-state index in [1.807, 2.05) is 30.3 Å². The Morgan fingerprint density at radius 1 is 1.05 bits per heavy atom. The van der Waals surface area contributed by atoms with Crippen molar-refractivity contribution in [3.63, 3.8) is 0 Å². The standard InChI is InChI=1S/C25H33F2N3OS.C4H4O4/c1-3-30(25(32-2)28-20-9-5-4-6-10-20)21-13-16-29(17-14-21)15-7-8-18-31-22-11-12-23(26)24(27)19-22;5-3(6)1-2-4(7)8/h4-6,9-12,19,21H,3,7-8,13-18H2,1-2H3;1-2H,(H,5,6)(H,7,8). The second-order valence-electron chi connectivity index (χ2n) is 8.93. The molecule has 2 aromatic carbocycles. The number of amidine groups is 1. The smallest absolute Gasteiger partial charge is 0.328 e. The summed E-state index contributed by atoms with van der Waals surface area (Å²) in [5, 5.41) is 16.7. The predicted octanol–water partition coefficient (Wildman–Crippen LogP) is 5.67. The third-order valence-electron chi connectivity index (χ3n) is 6.14. The van der Waals surface area contributed by atoms with Gasteiger partial charge in [-0.05, 0) is 69.7 Å². The Hall–Kier alpha value is -3.44. The van der Waals surface area contributed by atoms with Crippen LogP contribution >= 0.6 is 11.8 Å². The Morgan fingerprint density at radius 3 is 2.25 bits per heavy atom. The zero-order valence-electron chi connectivity index (χ0n) is 22.8. The Morgan fingerprint density at radius 2 is 1.70 bits per heavy atom. The monoisotopic (exact) mass is 577 g/mol. The number of benzene rings is 2. The number of piperidine rings is 1.